The molecule has 11 heavy (non-hydrogen) atoms. The van der Waals surface area contributed by atoms with E-state index in [4.69, 9.17) is 0 Å². The molecule has 0 heterocycles. The summed E-state index contributed by atoms with van der Waals surface area (Å²) in [7, 11) is 0. The summed E-state index contributed by atoms with van der Waals surface area (Å²) < 4.78 is 0. The van der Waals surface area contributed by atoms with E-state index in [0.29, 0.717) is 0 Å². The van der Waals surface area contributed by atoms with Crippen molar-refractivity contribution in [3.8, 4) is 0 Å². The van der Waals surface area contributed by atoms with Crippen LogP contribution >= 0.6 is 0 Å². The van der Waals surface area contributed by atoms with E-state index in [1.807, 2.05) is 0 Å². The van der Waals surface area contributed by atoms with Crippen LogP contribution < -0.4 is 0 Å². The summed E-state index contributed by atoms with van der Waals surface area (Å²) in [4.78, 5) is 0. The van der Waals surface area contributed by atoms with Gasteiger partial charge in [0.15, 0.2) is 0 Å². The Morgan fingerprint density at radius 3 is 2.55 bits per heavy atom. The number of rotatable bonds is 4. The Morgan fingerprint density at radius 1 is 1.18 bits per heavy atom. The van der Waals surface area contributed by atoms with E-state index in [0.717, 1.165) is 15.0 Å². The van der Waals surface area contributed by atoms with Gasteiger partial charge in [0, 0.05) is 0 Å². The first-order chi connectivity index (χ1) is 5.43. The van der Waals surface area contributed by atoms with E-state index in [1.165, 1.54) is 22.6 Å². The van der Waals surface area contributed by atoms with E-state index < -0.39 is 0 Å². The first kappa shape index (κ1) is 8.83. The van der Waals surface area contributed by atoms with Crippen LogP contribution in [0.1, 0.15) is 18.9 Å². The Hall–Kier alpha value is -0.261. The summed E-state index contributed by atoms with van der Waals surface area (Å²) in [5.41, 5.74) is 1.50. The molecule has 0 saturated heterocycles. The van der Waals surface area contributed by atoms with Crippen molar-refractivity contribution in [1.29, 1.82) is 0 Å². The van der Waals surface area contributed by atoms with Gasteiger partial charge in [0.25, 0.3) is 0 Å². The molecule has 1 rings (SSSR count). The SMILES string of the molecule is CCC[Se]Cc1ccccc1. The summed E-state index contributed by atoms with van der Waals surface area (Å²) in [6.07, 6.45) is 1.34. The molecule has 0 aliphatic rings. The average molecular weight is 213 g/mol. The molecule has 0 aliphatic heterocycles. The van der Waals surface area contributed by atoms with Gasteiger partial charge in [-0.15, -0.1) is 0 Å². The topological polar surface area (TPSA) is 0 Å². The first-order valence-corrected chi connectivity index (χ1v) is 6.47. The number of hydrogen-bond donors (Lipinski definition) is 0. The van der Waals surface area contributed by atoms with Crippen LogP contribution in [0, 0.1) is 0 Å². The van der Waals surface area contributed by atoms with E-state index in [9.17, 15) is 0 Å². The summed E-state index contributed by atoms with van der Waals surface area (Å²) in [6.45, 7) is 2.26. The zero-order valence-corrected chi connectivity index (χ0v) is 8.63. The summed E-state index contributed by atoms with van der Waals surface area (Å²) >= 11 is 0.829. The van der Waals surface area contributed by atoms with E-state index in [2.05, 4.69) is 37.3 Å². The summed E-state index contributed by atoms with van der Waals surface area (Å²) in [5.74, 6) is 0. The van der Waals surface area contributed by atoms with Crippen LogP contribution in [0.2, 0.25) is 5.32 Å². The predicted octanol–water partition coefficient (Wildman–Crippen LogP) is 2.72. The molecular formula is C10H14Se. The van der Waals surface area contributed by atoms with Crippen molar-refractivity contribution in [3.05, 3.63) is 35.9 Å². The average Bonchev–Trinajstić information content (AvgIpc) is 2.07. The van der Waals surface area contributed by atoms with Gasteiger partial charge in [-0.1, -0.05) is 0 Å². The van der Waals surface area contributed by atoms with Crippen molar-refractivity contribution >= 4 is 15.0 Å². The predicted molar refractivity (Wildman–Crippen MR) is 51.0 cm³/mol. The van der Waals surface area contributed by atoms with E-state index in [1.54, 1.807) is 0 Å². The van der Waals surface area contributed by atoms with Gasteiger partial charge in [-0.05, 0) is 0 Å². The Labute approximate surface area is 75.2 Å². The molecule has 0 unspecified atom stereocenters. The quantitative estimate of drug-likeness (QED) is 0.533. The minimum atomic E-state index is 0.829. The number of benzene rings is 1. The monoisotopic (exact) mass is 214 g/mol. The van der Waals surface area contributed by atoms with E-state index in [-0.39, 0.29) is 0 Å². The van der Waals surface area contributed by atoms with Gasteiger partial charge in [-0.25, -0.2) is 0 Å². The third-order valence-electron chi connectivity index (χ3n) is 1.46. The fourth-order valence-corrected chi connectivity index (χ4v) is 2.72. The molecule has 0 nitrogen and oxygen atoms in total. The molecule has 0 atom stereocenters. The second-order valence-corrected chi connectivity index (χ2v) is 4.86. The van der Waals surface area contributed by atoms with Crippen LogP contribution in [0.3, 0.4) is 0 Å². The van der Waals surface area contributed by atoms with Crippen LogP contribution in [0.4, 0.5) is 0 Å². The van der Waals surface area contributed by atoms with Crippen molar-refractivity contribution in [2.24, 2.45) is 0 Å². The molecule has 0 amide bonds. The Balaban J connectivity index is 2.28. The van der Waals surface area contributed by atoms with Crippen molar-refractivity contribution in [2.45, 2.75) is 24.0 Å². The standard InChI is InChI=1S/C10H14Se/c1-2-8-11-9-10-6-4-3-5-7-10/h3-7H,2,8-9H2,1H3. The van der Waals surface area contributed by atoms with Crippen LogP contribution in [-0.4, -0.2) is 15.0 Å². The zero-order valence-electron chi connectivity index (χ0n) is 6.92. The summed E-state index contributed by atoms with van der Waals surface area (Å²) in [6, 6.07) is 10.8. The van der Waals surface area contributed by atoms with E-state index >= 15 is 0 Å². The molecule has 1 aromatic carbocycles. The number of hydrogen-bond acceptors (Lipinski definition) is 0. The third-order valence-corrected chi connectivity index (χ3v) is 4.05. The van der Waals surface area contributed by atoms with Crippen LogP contribution in [0.25, 0.3) is 0 Å². The maximum absolute atomic E-state index is 2.26. The molecule has 0 radical (unpaired) electrons. The first-order valence-electron chi connectivity index (χ1n) is 4.05. The molecule has 0 bridgehead atoms. The van der Waals surface area contributed by atoms with Crippen molar-refractivity contribution in [3.63, 3.8) is 0 Å². The van der Waals surface area contributed by atoms with Gasteiger partial charge in [0.2, 0.25) is 0 Å². The van der Waals surface area contributed by atoms with Crippen molar-refractivity contribution in [1.82, 2.24) is 0 Å². The molecule has 0 fully saturated rings. The van der Waals surface area contributed by atoms with Gasteiger partial charge in [-0.3, -0.25) is 0 Å². The molecule has 0 N–H and O–H groups in total. The Bertz CT molecular complexity index is 181. The van der Waals surface area contributed by atoms with Crippen LogP contribution in [-0.2, 0) is 5.32 Å². The van der Waals surface area contributed by atoms with Crippen molar-refractivity contribution < 1.29 is 0 Å². The Morgan fingerprint density at radius 2 is 1.91 bits per heavy atom. The van der Waals surface area contributed by atoms with Gasteiger partial charge in [0.1, 0.15) is 0 Å². The molecule has 0 spiro atoms. The van der Waals surface area contributed by atoms with Gasteiger partial charge >= 0.3 is 74.8 Å². The fourth-order valence-electron chi connectivity index (χ4n) is 0.909. The fraction of sp³-hybridized carbons (Fsp3) is 0.400. The van der Waals surface area contributed by atoms with Crippen LogP contribution in [0.15, 0.2) is 30.3 Å². The van der Waals surface area contributed by atoms with Gasteiger partial charge in [-0.2, -0.15) is 0 Å². The second kappa shape index (κ2) is 5.40. The minimum absolute atomic E-state index is 0.829. The Kier molecular flexibility index (Phi) is 4.33. The molecule has 0 aliphatic carbocycles. The zero-order chi connectivity index (χ0) is 7.94. The summed E-state index contributed by atoms with van der Waals surface area (Å²) in [5, 5.41) is 2.73. The molecule has 0 saturated carbocycles. The van der Waals surface area contributed by atoms with Crippen LogP contribution in [0.5, 0.6) is 0 Å². The van der Waals surface area contributed by atoms with Gasteiger partial charge < -0.3 is 0 Å². The third kappa shape index (κ3) is 3.59. The normalized spacial score (nSPS) is 9.91. The molecular weight excluding hydrogens is 199 g/mol. The molecule has 1 heteroatoms. The molecule has 1 aromatic rings. The molecule has 0 aromatic heterocycles. The van der Waals surface area contributed by atoms with Crippen molar-refractivity contribution in [2.75, 3.05) is 0 Å². The second-order valence-electron chi connectivity index (χ2n) is 2.54. The van der Waals surface area contributed by atoms with Gasteiger partial charge in [0.05, 0.1) is 0 Å². The maximum atomic E-state index is 2.26. The molecule has 60 valence electrons.